The number of hydrogen-bond acceptors (Lipinski definition) is 5. The van der Waals surface area contributed by atoms with Gasteiger partial charge in [0.2, 0.25) is 0 Å². The number of carbonyl (C=O) groups is 1. The molecule has 0 bridgehead atoms. The molecule has 23 heavy (non-hydrogen) atoms. The highest BCUT2D eigenvalue weighted by molar-refractivity contribution is 7.22. The standard InChI is InChI=1S/C17H13ClN2O2S/c18-12-7-5-11(6-8-12)16(21)22-13-9-20(10-13)17-19-14-3-1-2-4-15(14)23-17/h1-8,13H,9-10H2. The summed E-state index contributed by atoms with van der Waals surface area (Å²) < 4.78 is 6.66. The lowest BCUT2D eigenvalue weighted by Crippen LogP contribution is -2.53. The summed E-state index contributed by atoms with van der Waals surface area (Å²) in [5.41, 5.74) is 1.53. The van der Waals surface area contributed by atoms with Gasteiger partial charge in [-0.3, -0.25) is 0 Å². The largest absolute Gasteiger partial charge is 0.455 e. The maximum absolute atomic E-state index is 12.0. The van der Waals surface area contributed by atoms with Crippen molar-refractivity contribution < 1.29 is 9.53 Å². The Labute approximate surface area is 142 Å². The molecule has 0 radical (unpaired) electrons. The molecule has 0 N–H and O–H groups in total. The van der Waals surface area contributed by atoms with Crippen molar-refractivity contribution >= 4 is 44.3 Å². The van der Waals surface area contributed by atoms with Crippen molar-refractivity contribution in [3.05, 3.63) is 59.1 Å². The van der Waals surface area contributed by atoms with E-state index < -0.39 is 0 Å². The van der Waals surface area contributed by atoms with Crippen LogP contribution < -0.4 is 4.90 Å². The zero-order valence-electron chi connectivity index (χ0n) is 12.1. The van der Waals surface area contributed by atoms with Gasteiger partial charge >= 0.3 is 5.97 Å². The average molecular weight is 345 g/mol. The maximum atomic E-state index is 12.0. The lowest BCUT2D eigenvalue weighted by Gasteiger charge is -2.38. The molecule has 1 aliphatic heterocycles. The number of carbonyl (C=O) groups excluding carboxylic acids is 1. The average Bonchev–Trinajstić information content (AvgIpc) is 2.94. The van der Waals surface area contributed by atoms with Crippen molar-refractivity contribution in [3.63, 3.8) is 0 Å². The first-order chi connectivity index (χ1) is 11.2. The van der Waals surface area contributed by atoms with Crippen molar-refractivity contribution in [3.8, 4) is 0 Å². The van der Waals surface area contributed by atoms with Crippen LogP contribution in [-0.4, -0.2) is 30.1 Å². The molecule has 0 atom stereocenters. The second-order valence-corrected chi connectivity index (χ2v) is 6.85. The Morgan fingerprint density at radius 2 is 1.91 bits per heavy atom. The second-order valence-electron chi connectivity index (χ2n) is 5.40. The van der Waals surface area contributed by atoms with Crippen LogP contribution in [0.1, 0.15) is 10.4 Å². The molecule has 0 amide bonds. The summed E-state index contributed by atoms with van der Waals surface area (Å²) >= 11 is 7.48. The van der Waals surface area contributed by atoms with Crippen molar-refractivity contribution in [2.45, 2.75) is 6.10 Å². The molecule has 1 aliphatic rings. The van der Waals surface area contributed by atoms with Crippen LogP contribution in [0.3, 0.4) is 0 Å². The van der Waals surface area contributed by atoms with Gasteiger partial charge in [-0.1, -0.05) is 35.1 Å². The fourth-order valence-corrected chi connectivity index (χ4v) is 3.58. The molecule has 4 nitrogen and oxygen atoms in total. The minimum atomic E-state index is -0.310. The quantitative estimate of drug-likeness (QED) is 0.674. The summed E-state index contributed by atoms with van der Waals surface area (Å²) in [5, 5.41) is 1.58. The molecule has 2 heterocycles. The number of aromatic nitrogens is 1. The van der Waals surface area contributed by atoms with Crippen LogP contribution in [0.25, 0.3) is 10.2 Å². The normalized spacial score (nSPS) is 14.7. The topological polar surface area (TPSA) is 42.4 Å². The highest BCUT2D eigenvalue weighted by Gasteiger charge is 2.32. The van der Waals surface area contributed by atoms with Crippen LogP contribution in [0, 0.1) is 0 Å². The highest BCUT2D eigenvalue weighted by Crippen LogP contribution is 2.31. The van der Waals surface area contributed by atoms with E-state index in [1.165, 1.54) is 4.70 Å². The first-order valence-electron chi connectivity index (χ1n) is 7.26. The van der Waals surface area contributed by atoms with Gasteiger partial charge < -0.3 is 9.64 Å². The lowest BCUT2D eigenvalue weighted by atomic mass is 10.2. The molecule has 0 unspecified atom stereocenters. The van der Waals surface area contributed by atoms with Crippen LogP contribution in [-0.2, 0) is 4.74 Å². The summed E-state index contributed by atoms with van der Waals surface area (Å²) in [4.78, 5) is 18.8. The zero-order chi connectivity index (χ0) is 15.8. The van der Waals surface area contributed by atoms with Crippen molar-refractivity contribution in [1.29, 1.82) is 0 Å². The third-order valence-electron chi connectivity index (χ3n) is 3.75. The van der Waals surface area contributed by atoms with E-state index in [9.17, 15) is 4.79 Å². The molecule has 0 saturated carbocycles. The Bertz CT molecular complexity index is 823. The number of hydrogen-bond donors (Lipinski definition) is 0. The maximum Gasteiger partial charge on any atom is 0.338 e. The molecule has 0 aliphatic carbocycles. The number of benzene rings is 2. The summed E-state index contributed by atoms with van der Waals surface area (Å²) in [6, 6.07) is 14.8. The van der Waals surface area contributed by atoms with Crippen LogP contribution in [0.15, 0.2) is 48.5 Å². The number of para-hydroxylation sites is 1. The molecule has 4 rings (SSSR count). The summed E-state index contributed by atoms with van der Waals surface area (Å²) in [6.45, 7) is 1.36. The van der Waals surface area contributed by atoms with Gasteiger partial charge in [-0.2, -0.15) is 0 Å². The third-order valence-corrected chi connectivity index (χ3v) is 5.10. The second kappa shape index (κ2) is 5.83. The fourth-order valence-electron chi connectivity index (χ4n) is 2.47. The van der Waals surface area contributed by atoms with Gasteiger partial charge in [-0.05, 0) is 36.4 Å². The number of halogens is 1. The third kappa shape index (κ3) is 2.90. The van der Waals surface area contributed by atoms with Gasteiger partial charge in [0, 0.05) is 5.02 Å². The van der Waals surface area contributed by atoms with E-state index in [1.54, 1.807) is 35.6 Å². The van der Waals surface area contributed by atoms with E-state index in [0.29, 0.717) is 23.7 Å². The first kappa shape index (κ1) is 14.5. The Morgan fingerprint density at radius 1 is 1.17 bits per heavy atom. The molecule has 3 aromatic rings. The van der Waals surface area contributed by atoms with E-state index in [2.05, 4.69) is 16.0 Å². The smallest absolute Gasteiger partial charge is 0.338 e. The molecule has 1 fully saturated rings. The lowest BCUT2D eigenvalue weighted by molar-refractivity contribution is 0.0234. The summed E-state index contributed by atoms with van der Waals surface area (Å²) in [5.74, 6) is -0.310. The molecule has 1 aromatic heterocycles. The predicted octanol–water partition coefficient (Wildman–Crippen LogP) is 4.00. The minimum Gasteiger partial charge on any atom is -0.455 e. The number of rotatable bonds is 3. The van der Waals surface area contributed by atoms with E-state index >= 15 is 0 Å². The number of ether oxygens (including phenoxy) is 1. The Balaban J connectivity index is 1.37. The fraction of sp³-hybridized carbons (Fsp3) is 0.176. The number of fused-ring (bicyclic) bond motifs is 1. The highest BCUT2D eigenvalue weighted by atomic mass is 35.5. The van der Waals surface area contributed by atoms with Crippen LogP contribution in [0.2, 0.25) is 5.02 Å². The number of esters is 1. The molecule has 6 heteroatoms. The van der Waals surface area contributed by atoms with E-state index in [0.717, 1.165) is 10.6 Å². The van der Waals surface area contributed by atoms with Crippen LogP contribution >= 0.6 is 22.9 Å². The SMILES string of the molecule is O=C(OC1CN(c2nc3ccccc3s2)C1)c1ccc(Cl)cc1. The van der Waals surface area contributed by atoms with Crippen LogP contribution in [0.4, 0.5) is 5.13 Å². The molecule has 1 saturated heterocycles. The monoisotopic (exact) mass is 344 g/mol. The number of nitrogens with zero attached hydrogens (tertiary/aromatic N) is 2. The van der Waals surface area contributed by atoms with E-state index in [1.807, 2.05) is 18.2 Å². The van der Waals surface area contributed by atoms with Gasteiger partial charge in [0.05, 0.1) is 28.9 Å². The zero-order valence-corrected chi connectivity index (χ0v) is 13.7. The van der Waals surface area contributed by atoms with Crippen molar-refractivity contribution in [2.24, 2.45) is 0 Å². The molecule has 2 aromatic carbocycles. The van der Waals surface area contributed by atoms with E-state index in [-0.39, 0.29) is 12.1 Å². The van der Waals surface area contributed by atoms with Crippen molar-refractivity contribution in [2.75, 3.05) is 18.0 Å². The van der Waals surface area contributed by atoms with Gasteiger partial charge in [-0.25, -0.2) is 9.78 Å². The van der Waals surface area contributed by atoms with Gasteiger partial charge in [-0.15, -0.1) is 0 Å². The Morgan fingerprint density at radius 3 is 2.65 bits per heavy atom. The van der Waals surface area contributed by atoms with Gasteiger partial charge in [0.25, 0.3) is 0 Å². The minimum absolute atomic E-state index is 0.0924. The molecular formula is C17H13ClN2O2S. The summed E-state index contributed by atoms with van der Waals surface area (Å²) in [7, 11) is 0. The van der Waals surface area contributed by atoms with Crippen molar-refractivity contribution in [1.82, 2.24) is 4.98 Å². The number of thiazole rings is 1. The molecule has 116 valence electrons. The van der Waals surface area contributed by atoms with Gasteiger partial charge in [0.15, 0.2) is 5.13 Å². The predicted molar refractivity (Wildman–Crippen MR) is 92.5 cm³/mol. The first-order valence-corrected chi connectivity index (χ1v) is 8.45. The van der Waals surface area contributed by atoms with Gasteiger partial charge in [0.1, 0.15) is 6.10 Å². The molecule has 0 spiro atoms. The summed E-state index contributed by atoms with van der Waals surface area (Å²) in [6.07, 6.45) is -0.0924. The van der Waals surface area contributed by atoms with Crippen LogP contribution in [0.5, 0.6) is 0 Å². The Hall–Kier alpha value is -2.11. The Kier molecular flexibility index (Phi) is 3.67. The number of anilines is 1. The van der Waals surface area contributed by atoms with E-state index in [4.69, 9.17) is 16.3 Å². The molecular weight excluding hydrogens is 332 g/mol.